The number of hydrogen-bond acceptors (Lipinski definition) is 3. The molecule has 122 valence electrons. The van der Waals surface area contributed by atoms with Crippen LogP contribution in [0.1, 0.15) is 36.9 Å². The summed E-state index contributed by atoms with van der Waals surface area (Å²) in [6, 6.07) is 5.19. The van der Waals surface area contributed by atoms with Crippen molar-refractivity contribution in [2.75, 3.05) is 20.1 Å². The lowest BCUT2D eigenvalue weighted by atomic mass is 9.85. The van der Waals surface area contributed by atoms with Crippen LogP contribution in [0, 0.1) is 11.7 Å². The monoisotopic (exact) mass is 315 g/mol. The zero-order valence-corrected chi connectivity index (χ0v) is 13.6. The van der Waals surface area contributed by atoms with Crippen molar-refractivity contribution >= 4 is 18.3 Å². The number of benzene rings is 1. The number of carbonyl (C=O) groups is 1. The van der Waals surface area contributed by atoms with Crippen LogP contribution in [0.4, 0.5) is 4.39 Å². The number of hydrogen-bond donors (Lipinski definition) is 0. The summed E-state index contributed by atoms with van der Waals surface area (Å²) in [4.78, 5) is 19.4. The van der Waals surface area contributed by atoms with Crippen molar-refractivity contribution in [1.29, 1.82) is 0 Å². The normalized spacial score (nSPS) is 23.3. The first-order chi connectivity index (χ1) is 11.0. The third kappa shape index (κ3) is 2.64. The first kappa shape index (κ1) is 15.7. The molecule has 1 unspecified atom stereocenters. The minimum Gasteiger partial charge on any atom is -0.365 e. The summed E-state index contributed by atoms with van der Waals surface area (Å²) in [6.45, 7) is 6.62. The highest BCUT2D eigenvalue weighted by molar-refractivity contribution is 5.74. The van der Waals surface area contributed by atoms with Crippen LogP contribution in [0.3, 0.4) is 0 Å². The molecule has 4 nitrogen and oxygen atoms in total. The molecule has 2 heterocycles. The number of amides is 1. The highest BCUT2D eigenvalue weighted by atomic mass is 19.1. The molecule has 1 aromatic carbocycles. The summed E-state index contributed by atoms with van der Waals surface area (Å²) < 4.78 is 14.5. The molecular formula is C18H22FN3O. The molecule has 0 aliphatic carbocycles. The zero-order valence-electron chi connectivity index (χ0n) is 13.6. The van der Waals surface area contributed by atoms with E-state index < -0.39 is 0 Å². The second-order valence-corrected chi connectivity index (χ2v) is 6.30. The van der Waals surface area contributed by atoms with Gasteiger partial charge in [0.1, 0.15) is 5.82 Å². The van der Waals surface area contributed by atoms with Crippen LogP contribution < -0.4 is 0 Å². The van der Waals surface area contributed by atoms with Gasteiger partial charge in [-0.15, -0.1) is 0 Å². The smallest absolute Gasteiger partial charge is 0.219 e. The van der Waals surface area contributed by atoms with Crippen molar-refractivity contribution in [1.82, 2.24) is 9.80 Å². The average Bonchev–Trinajstić information content (AvgIpc) is 2.82. The lowest BCUT2D eigenvalue weighted by Crippen LogP contribution is -2.40. The Morgan fingerprint density at radius 1 is 1.39 bits per heavy atom. The number of nitrogens with zero attached hydrogens (tertiary/aromatic N) is 3. The van der Waals surface area contributed by atoms with E-state index in [1.165, 1.54) is 6.07 Å². The molecule has 2 aliphatic rings. The van der Waals surface area contributed by atoms with E-state index in [0.29, 0.717) is 5.92 Å². The number of carbonyl (C=O) groups excluding carboxylic acids is 1. The van der Waals surface area contributed by atoms with Gasteiger partial charge in [-0.1, -0.05) is 12.1 Å². The summed E-state index contributed by atoms with van der Waals surface area (Å²) in [5.74, 6) is 0.272. The van der Waals surface area contributed by atoms with Crippen LogP contribution in [0.2, 0.25) is 0 Å². The van der Waals surface area contributed by atoms with Gasteiger partial charge in [-0.2, -0.15) is 0 Å². The summed E-state index contributed by atoms with van der Waals surface area (Å²) in [5, 5.41) is 0. The van der Waals surface area contributed by atoms with Gasteiger partial charge >= 0.3 is 0 Å². The predicted octanol–water partition coefficient (Wildman–Crippen LogP) is 3.07. The lowest BCUT2D eigenvalue weighted by Gasteiger charge is -2.37. The van der Waals surface area contributed by atoms with E-state index in [1.807, 2.05) is 18.0 Å². The van der Waals surface area contributed by atoms with Gasteiger partial charge < -0.3 is 9.80 Å². The van der Waals surface area contributed by atoms with Gasteiger partial charge in [0.2, 0.25) is 5.91 Å². The van der Waals surface area contributed by atoms with Gasteiger partial charge in [-0.3, -0.25) is 9.79 Å². The summed E-state index contributed by atoms with van der Waals surface area (Å²) in [7, 11) is 1.98. The predicted molar refractivity (Wildman–Crippen MR) is 89.4 cm³/mol. The van der Waals surface area contributed by atoms with Gasteiger partial charge in [0, 0.05) is 38.2 Å². The van der Waals surface area contributed by atoms with E-state index in [-0.39, 0.29) is 17.8 Å². The van der Waals surface area contributed by atoms with E-state index in [0.717, 1.165) is 42.8 Å². The number of rotatable bonds is 2. The molecule has 0 aromatic heterocycles. The zero-order chi connectivity index (χ0) is 16.6. The third-order valence-electron chi connectivity index (χ3n) is 5.07. The maximum atomic E-state index is 14.5. The average molecular weight is 315 g/mol. The van der Waals surface area contributed by atoms with Gasteiger partial charge in [0.25, 0.3) is 0 Å². The Labute approximate surface area is 136 Å². The first-order valence-corrected chi connectivity index (χ1v) is 7.97. The Balaban J connectivity index is 1.93. The summed E-state index contributed by atoms with van der Waals surface area (Å²) in [6.07, 6.45) is 3.47. The standard InChI is InChI=1S/C18H22FN3O/c1-12(23)22-9-7-13(8-10-22)18-17-14(5-4-6-15(17)19)16(11-20-2)21(18)3/h4-6,11,13,18H,2,7-10H2,1,3H3/b16-11-. The fraction of sp³-hybridized carbons (Fsp3) is 0.444. The summed E-state index contributed by atoms with van der Waals surface area (Å²) >= 11 is 0. The molecule has 0 spiro atoms. The van der Waals surface area contributed by atoms with Gasteiger partial charge in [-0.25, -0.2) is 4.39 Å². The highest BCUT2D eigenvalue weighted by Gasteiger charge is 2.40. The van der Waals surface area contributed by atoms with Gasteiger partial charge in [-0.05, 0) is 31.5 Å². The minimum absolute atomic E-state index is 0.00620. The number of aliphatic imine (C=N–C) groups is 1. The molecule has 1 amide bonds. The second kappa shape index (κ2) is 6.14. The largest absolute Gasteiger partial charge is 0.365 e. The number of fused-ring (bicyclic) bond motifs is 1. The van der Waals surface area contributed by atoms with E-state index in [2.05, 4.69) is 16.6 Å². The van der Waals surface area contributed by atoms with Crippen molar-refractivity contribution in [3.63, 3.8) is 0 Å². The molecule has 23 heavy (non-hydrogen) atoms. The fourth-order valence-corrected chi connectivity index (χ4v) is 3.92. The SMILES string of the molecule is C=N/C=C1/c2cccc(F)c2C(C2CCN(C(C)=O)CC2)N1C. The number of piperidine rings is 1. The number of likely N-dealkylation sites (tertiary alicyclic amines) is 1. The Hall–Kier alpha value is -2.17. The van der Waals surface area contributed by atoms with Crippen molar-refractivity contribution in [2.45, 2.75) is 25.8 Å². The fourth-order valence-electron chi connectivity index (χ4n) is 3.92. The van der Waals surface area contributed by atoms with E-state index >= 15 is 0 Å². The topological polar surface area (TPSA) is 35.9 Å². The van der Waals surface area contributed by atoms with E-state index in [1.54, 1.807) is 19.2 Å². The van der Waals surface area contributed by atoms with Crippen molar-refractivity contribution < 1.29 is 9.18 Å². The quantitative estimate of drug-likeness (QED) is 0.786. The van der Waals surface area contributed by atoms with Crippen molar-refractivity contribution in [3.8, 4) is 0 Å². The van der Waals surface area contributed by atoms with Crippen LogP contribution >= 0.6 is 0 Å². The molecule has 0 saturated carbocycles. The molecule has 1 atom stereocenters. The molecule has 2 aliphatic heterocycles. The highest BCUT2D eigenvalue weighted by Crippen LogP contribution is 2.47. The maximum absolute atomic E-state index is 14.5. The number of halogens is 1. The van der Waals surface area contributed by atoms with Crippen LogP contribution in [0.15, 0.2) is 29.4 Å². The minimum atomic E-state index is -0.166. The Morgan fingerprint density at radius 2 is 2.09 bits per heavy atom. The Bertz CT molecular complexity index is 662. The molecular weight excluding hydrogens is 293 g/mol. The first-order valence-electron chi connectivity index (χ1n) is 7.97. The summed E-state index contributed by atoms with van der Waals surface area (Å²) in [5.41, 5.74) is 2.57. The molecule has 3 rings (SSSR count). The van der Waals surface area contributed by atoms with Crippen molar-refractivity contribution in [2.24, 2.45) is 10.9 Å². The van der Waals surface area contributed by atoms with E-state index in [4.69, 9.17) is 0 Å². The molecule has 0 bridgehead atoms. The second-order valence-electron chi connectivity index (χ2n) is 6.30. The Kier molecular flexibility index (Phi) is 4.20. The maximum Gasteiger partial charge on any atom is 0.219 e. The molecule has 1 fully saturated rings. The van der Waals surface area contributed by atoms with Crippen LogP contribution in [-0.2, 0) is 4.79 Å². The molecule has 1 saturated heterocycles. The van der Waals surface area contributed by atoms with E-state index in [9.17, 15) is 9.18 Å². The molecule has 5 heteroatoms. The molecule has 0 radical (unpaired) electrons. The van der Waals surface area contributed by atoms with Crippen LogP contribution in [-0.4, -0.2) is 42.6 Å². The van der Waals surface area contributed by atoms with Crippen LogP contribution in [0.5, 0.6) is 0 Å². The van der Waals surface area contributed by atoms with Gasteiger partial charge in [0.15, 0.2) is 0 Å². The third-order valence-corrected chi connectivity index (χ3v) is 5.07. The van der Waals surface area contributed by atoms with Gasteiger partial charge in [0.05, 0.1) is 17.9 Å². The van der Waals surface area contributed by atoms with Crippen LogP contribution in [0.25, 0.3) is 5.70 Å². The lowest BCUT2D eigenvalue weighted by molar-refractivity contribution is -0.130. The Morgan fingerprint density at radius 3 is 2.70 bits per heavy atom. The molecule has 1 aromatic rings. The molecule has 0 N–H and O–H groups in total. The van der Waals surface area contributed by atoms with Crippen molar-refractivity contribution in [3.05, 3.63) is 41.3 Å².